The highest BCUT2D eigenvalue weighted by atomic mass is 32.1. The first kappa shape index (κ1) is 21.3. The van der Waals surface area contributed by atoms with Crippen molar-refractivity contribution in [2.75, 3.05) is 17.2 Å². The van der Waals surface area contributed by atoms with Gasteiger partial charge in [-0.05, 0) is 31.2 Å². The number of amides is 2. The second-order valence-electron chi connectivity index (χ2n) is 7.03. The van der Waals surface area contributed by atoms with Crippen LogP contribution in [0.25, 0.3) is 11.3 Å². The number of carbonyl (C=O) groups is 2. The fourth-order valence-electron chi connectivity index (χ4n) is 2.95. The van der Waals surface area contributed by atoms with Gasteiger partial charge in [-0.2, -0.15) is 0 Å². The van der Waals surface area contributed by atoms with E-state index in [0.29, 0.717) is 27.1 Å². The van der Waals surface area contributed by atoms with Gasteiger partial charge in [0.1, 0.15) is 16.4 Å². The van der Waals surface area contributed by atoms with Crippen molar-refractivity contribution in [1.29, 1.82) is 0 Å². The molecule has 160 valence electrons. The maximum absolute atomic E-state index is 12.7. The molecule has 0 unspecified atom stereocenters. The average Bonchev–Trinajstić information content (AvgIpc) is 3.21. The largest absolute Gasteiger partial charge is 0.484 e. The number of nitrogens with zero attached hydrogens (tertiary/aromatic N) is 1. The van der Waals surface area contributed by atoms with Crippen LogP contribution in [0.2, 0.25) is 0 Å². The molecule has 2 amide bonds. The molecule has 0 atom stereocenters. The van der Waals surface area contributed by atoms with Crippen LogP contribution in [-0.4, -0.2) is 23.4 Å². The standard InChI is InChI=1S/C25H21N3O3S/c1-17-12-14-20(15-13-17)31-16-21(29)26-25-27-22(18-8-4-2-5-9-18)24(32-25)28-23(30)19-10-6-3-7-11-19/h2-15H,16H2,1H3,(H,28,30)(H,26,27,29). The highest BCUT2D eigenvalue weighted by Crippen LogP contribution is 2.36. The molecule has 0 radical (unpaired) electrons. The van der Waals surface area contributed by atoms with Crippen LogP contribution in [0.15, 0.2) is 84.9 Å². The summed E-state index contributed by atoms with van der Waals surface area (Å²) in [5.41, 5.74) is 3.08. The summed E-state index contributed by atoms with van der Waals surface area (Å²) in [5, 5.41) is 6.61. The zero-order chi connectivity index (χ0) is 22.3. The van der Waals surface area contributed by atoms with E-state index in [1.54, 1.807) is 24.3 Å². The number of carbonyl (C=O) groups excluding carboxylic acids is 2. The van der Waals surface area contributed by atoms with Gasteiger partial charge in [0.2, 0.25) is 0 Å². The van der Waals surface area contributed by atoms with Crippen LogP contribution in [0, 0.1) is 6.92 Å². The van der Waals surface area contributed by atoms with Crippen LogP contribution in [0.3, 0.4) is 0 Å². The fourth-order valence-corrected chi connectivity index (χ4v) is 3.85. The van der Waals surface area contributed by atoms with Gasteiger partial charge in [-0.1, -0.05) is 77.6 Å². The molecular formula is C25H21N3O3S. The maximum atomic E-state index is 12.7. The van der Waals surface area contributed by atoms with Gasteiger partial charge in [-0.3, -0.25) is 14.9 Å². The molecule has 1 aromatic heterocycles. The molecule has 4 aromatic rings. The molecule has 0 aliphatic carbocycles. The average molecular weight is 444 g/mol. The Morgan fingerprint density at radius 3 is 2.22 bits per heavy atom. The summed E-state index contributed by atoms with van der Waals surface area (Å²) in [4.78, 5) is 29.6. The van der Waals surface area contributed by atoms with E-state index in [0.717, 1.165) is 11.1 Å². The van der Waals surface area contributed by atoms with E-state index in [1.165, 1.54) is 11.3 Å². The number of aromatic nitrogens is 1. The number of ether oxygens (including phenoxy) is 1. The maximum Gasteiger partial charge on any atom is 0.264 e. The SMILES string of the molecule is Cc1ccc(OCC(=O)Nc2nc(-c3ccccc3)c(NC(=O)c3ccccc3)s2)cc1. The minimum atomic E-state index is -0.333. The van der Waals surface area contributed by atoms with Gasteiger partial charge in [0.25, 0.3) is 11.8 Å². The lowest BCUT2D eigenvalue weighted by atomic mass is 10.1. The highest BCUT2D eigenvalue weighted by Gasteiger charge is 2.18. The number of hydrogen-bond acceptors (Lipinski definition) is 5. The lowest BCUT2D eigenvalue weighted by molar-refractivity contribution is -0.118. The second kappa shape index (κ2) is 9.89. The Bertz CT molecular complexity index is 1210. The Morgan fingerprint density at radius 2 is 1.53 bits per heavy atom. The van der Waals surface area contributed by atoms with Gasteiger partial charge >= 0.3 is 0 Å². The predicted molar refractivity (Wildman–Crippen MR) is 127 cm³/mol. The van der Waals surface area contributed by atoms with Crippen molar-refractivity contribution in [2.45, 2.75) is 6.92 Å². The number of benzene rings is 3. The minimum absolute atomic E-state index is 0.144. The zero-order valence-corrected chi connectivity index (χ0v) is 18.2. The van der Waals surface area contributed by atoms with E-state index >= 15 is 0 Å². The van der Waals surface area contributed by atoms with Crippen molar-refractivity contribution in [2.24, 2.45) is 0 Å². The van der Waals surface area contributed by atoms with Crippen LogP contribution in [-0.2, 0) is 4.79 Å². The second-order valence-corrected chi connectivity index (χ2v) is 8.03. The Kier molecular flexibility index (Phi) is 6.57. The summed E-state index contributed by atoms with van der Waals surface area (Å²) in [6, 6.07) is 25.9. The summed E-state index contributed by atoms with van der Waals surface area (Å²) in [6.45, 7) is 1.84. The fraction of sp³-hybridized carbons (Fsp3) is 0.0800. The van der Waals surface area contributed by atoms with Crippen LogP contribution in [0.4, 0.5) is 10.1 Å². The van der Waals surface area contributed by atoms with Crippen LogP contribution < -0.4 is 15.4 Å². The Balaban J connectivity index is 1.50. The van der Waals surface area contributed by atoms with Gasteiger partial charge in [0.05, 0.1) is 0 Å². The smallest absolute Gasteiger partial charge is 0.264 e. The Labute approximate surface area is 189 Å². The Hall–Kier alpha value is -3.97. The summed E-state index contributed by atoms with van der Waals surface area (Å²) in [7, 11) is 0. The summed E-state index contributed by atoms with van der Waals surface area (Å²) in [6.07, 6.45) is 0. The minimum Gasteiger partial charge on any atom is -0.484 e. The van der Waals surface area contributed by atoms with Crippen molar-refractivity contribution in [3.63, 3.8) is 0 Å². The van der Waals surface area contributed by atoms with Gasteiger partial charge < -0.3 is 10.1 Å². The van der Waals surface area contributed by atoms with Gasteiger partial charge in [-0.25, -0.2) is 4.98 Å². The zero-order valence-electron chi connectivity index (χ0n) is 17.4. The molecule has 0 saturated heterocycles. The van der Waals surface area contributed by atoms with Crippen molar-refractivity contribution >= 4 is 33.3 Å². The molecule has 32 heavy (non-hydrogen) atoms. The molecule has 0 bridgehead atoms. The topological polar surface area (TPSA) is 80.3 Å². The first-order chi connectivity index (χ1) is 15.6. The van der Waals surface area contributed by atoms with Crippen molar-refractivity contribution in [1.82, 2.24) is 4.98 Å². The third-order valence-corrected chi connectivity index (χ3v) is 5.46. The van der Waals surface area contributed by atoms with Crippen LogP contribution >= 0.6 is 11.3 Å². The van der Waals surface area contributed by atoms with E-state index < -0.39 is 0 Å². The predicted octanol–water partition coefficient (Wildman–Crippen LogP) is 5.39. The molecule has 0 fully saturated rings. The third kappa shape index (κ3) is 5.39. The first-order valence-corrected chi connectivity index (χ1v) is 10.8. The number of anilines is 2. The van der Waals surface area contributed by atoms with E-state index in [9.17, 15) is 9.59 Å². The van der Waals surface area contributed by atoms with E-state index in [2.05, 4.69) is 15.6 Å². The van der Waals surface area contributed by atoms with E-state index in [-0.39, 0.29) is 18.4 Å². The van der Waals surface area contributed by atoms with Crippen LogP contribution in [0.5, 0.6) is 5.75 Å². The van der Waals surface area contributed by atoms with Gasteiger partial charge in [0, 0.05) is 11.1 Å². The third-order valence-electron chi connectivity index (χ3n) is 4.57. The number of thiazole rings is 1. The summed E-state index contributed by atoms with van der Waals surface area (Å²) < 4.78 is 5.53. The molecule has 3 aromatic carbocycles. The number of nitrogens with one attached hydrogen (secondary N) is 2. The molecule has 0 saturated carbocycles. The quantitative estimate of drug-likeness (QED) is 0.401. The molecule has 4 rings (SSSR count). The van der Waals surface area contributed by atoms with E-state index in [1.807, 2.05) is 67.6 Å². The molecule has 2 N–H and O–H groups in total. The normalized spacial score (nSPS) is 10.4. The van der Waals surface area contributed by atoms with Crippen molar-refractivity contribution in [3.05, 3.63) is 96.1 Å². The summed E-state index contributed by atoms with van der Waals surface area (Å²) >= 11 is 1.20. The molecule has 0 aliphatic rings. The lowest BCUT2D eigenvalue weighted by Gasteiger charge is -2.05. The molecule has 0 aliphatic heterocycles. The van der Waals surface area contributed by atoms with Crippen molar-refractivity contribution in [3.8, 4) is 17.0 Å². The number of hydrogen-bond donors (Lipinski definition) is 2. The van der Waals surface area contributed by atoms with Gasteiger partial charge in [0.15, 0.2) is 11.7 Å². The summed E-state index contributed by atoms with van der Waals surface area (Å²) in [5.74, 6) is 0.0394. The molecule has 7 heteroatoms. The lowest BCUT2D eigenvalue weighted by Crippen LogP contribution is -2.20. The monoisotopic (exact) mass is 443 g/mol. The first-order valence-electron chi connectivity index (χ1n) is 10.0. The molecule has 0 spiro atoms. The Morgan fingerprint density at radius 1 is 0.875 bits per heavy atom. The molecule has 1 heterocycles. The van der Waals surface area contributed by atoms with Crippen molar-refractivity contribution < 1.29 is 14.3 Å². The van der Waals surface area contributed by atoms with Crippen LogP contribution in [0.1, 0.15) is 15.9 Å². The number of aryl methyl sites for hydroxylation is 1. The highest BCUT2D eigenvalue weighted by molar-refractivity contribution is 7.20. The van der Waals surface area contributed by atoms with E-state index in [4.69, 9.17) is 4.74 Å². The molecular weight excluding hydrogens is 422 g/mol. The molecule has 6 nitrogen and oxygen atoms in total. The number of rotatable bonds is 7. The van der Waals surface area contributed by atoms with Gasteiger partial charge in [-0.15, -0.1) is 0 Å².